The number of nitrogens with zero attached hydrogens (tertiary/aromatic N) is 1. The minimum Gasteiger partial charge on any atom is -0.336 e. The topological polar surface area (TPSA) is 75.4 Å². The molecule has 2 amide bonds. The SMILES string of the molecule is CC(CN)C(=O)N(C)CC(=O)Nc1ccc(Cl)c(C(F)(F)F)c1.Cl. The molecule has 1 aromatic rings. The number of benzene rings is 1. The highest BCUT2D eigenvalue weighted by molar-refractivity contribution is 6.31. The van der Waals surface area contributed by atoms with E-state index < -0.39 is 28.6 Å². The fourth-order valence-corrected chi connectivity index (χ4v) is 2.02. The monoisotopic (exact) mass is 387 g/mol. The van der Waals surface area contributed by atoms with E-state index >= 15 is 0 Å². The Morgan fingerprint density at radius 1 is 1.38 bits per heavy atom. The van der Waals surface area contributed by atoms with E-state index in [1.165, 1.54) is 13.1 Å². The molecular weight excluding hydrogens is 370 g/mol. The Morgan fingerprint density at radius 3 is 2.46 bits per heavy atom. The third-order valence-corrected chi connectivity index (χ3v) is 3.42. The molecule has 1 rings (SSSR count). The molecule has 0 radical (unpaired) electrons. The lowest BCUT2D eigenvalue weighted by atomic mass is 10.1. The molecule has 0 aromatic heterocycles. The van der Waals surface area contributed by atoms with Crippen molar-refractivity contribution in [1.29, 1.82) is 0 Å². The molecule has 1 aromatic carbocycles. The Morgan fingerprint density at radius 2 is 1.96 bits per heavy atom. The predicted molar refractivity (Wildman–Crippen MR) is 88.2 cm³/mol. The number of nitrogens with two attached hydrogens (primary N) is 1. The molecular formula is C14H18Cl2F3N3O2. The lowest BCUT2D eigenvalue weighted by Gasteiger charge is -2.20. The first-order chi connectivity index (χ1) is 10.6. The van der Waals surface area contributed by atoms with Gasteiger partial charge in [0.05, 0.1) is 17.1 Å². The van der Waals surface area contributed by atoms with Crippen molar-refractivity contribution in [1.82, 2.24) is 4.90 Å². The highest BCUT2D eigenvalue weighted by Gasteiger charge is 2.33. The molecule has 1 atom stereocenters. The summed E-state index contributed by atoms with van der Waals surface area (Å²) in [7, 11) is 1.41. The fraction of sp³-hybridized carbons (Fsp3) is 0.429. The van der Waals surface area contributed by atoms with Gasteiger partial charge in [0.25, 0.3) is 0 Å². The fourth-order valence-electron chi connectivity index (χ4n) is 1.79. The van der Waals surface area contributed by atoms with Crippen molar-refractivity contribution in [2.75, 3.05) is 25.5 Å². The van der Waals surface area contributed by atoms with Gasteiger partial charge in [-0.15, -0.1) is 12.4 Å². The Labute approximate surface area is 148 Å². The summed E-state index contributed by atoms with van der Waals surface area (Å²) in [6, 6.07) is 3.04. The average Bonchev–Trinajstić information content (AvgIpc) is 2.46. The first-order valence-corrected chi connectivity index (χ1v) is 7.05. The van der Waals surface area contributed by atoms with E-state index in [1.54, 1.807) is 6.92 Å². The number of rotatable bonds is 5. The number of nitrogens with one attached hydrogen (secondary N) is 1. The second-order valence-electron chi connectivity index (χ2n) is 5.07. The van der Waals surface area contributed by atoms with E-state index in [2.05, 4.69) is 5.32 Å². The van der Waals surface area contributed by atoms with E-state index in [0.717, 1.165) is 17.0 Å². The summed E-state index contributed by atoms with van der Waals surface area (Å²) < 4.78 is 38.2. The zero-order valence-electron chi connectivity index (χ0n) is 13.0. The highest BCUT2D eigenvalue weighted by atomic mass is 35.5. The van der Waals surface area contributed by atoms with Crippen molar-refractivity contribution in [3.8, 4) is 0 Å². The zero-order valence-corrected chi connectivity index (χ0v) is 14.6. The molecule has 3 N–H and O–H groups in total. The molecule has 0 heterocycles. The number of hydrogen-bond donors (Lipinski definition) is 2. The van der Waals surface area contributed by atoms with Gasteiger partial charge >= 0.3 is 6.18 Å². The first-order valence-electron chi connectivity index (χ1n) is 6.68. The Bertz CT molecular complexity index is 597. The predicted octanol–water partition coefficient (Wildman–Crippen LogP) is 2.77. The summed E-state index contributed by atoms with van der Waals surface area (Å²) in [5, 5.41) is 1.84. The molecule has 136 valence electrons. The summed E-state index contributed by atoms with van der Waals surface area (Å²) in [6.45, 7) is 1.45. The Hall–Kier alpha value is -1.51. The maximum absolute atomic E-state index is 12.7. The van der Waals surface area contributed by atoms with E-state index in [-0.39, 0.29) is 37.1 Å². The number of amides is 2. The van der Waals surface area contributed by atoms with E-state index in [0.29, 0.717) is 0 Å². The first kappa shape index (κ1) is 22.5. The van der Waals surface area contributed by atoms with Crippen molar-refractivity contribution in [2.24, 2.45) is 11.7 Å². The lowest BCUT2D eigenvalue weighted by Crippen LogP contribution is -2.39. The molecule has 0 fully saturated rings. The van der Waals surface area contributed by atoms with E-state index in [1.807, 2.05) is 0 Å². The van der Waals surface area contributed by atoms with Crippen LogP contribution in [0, 0.1) is 5.92 Å². The summed E-state index contributed by atoms with van der Waals surface area (Å²) in [5.74, 6) is -1.39. The van der Waals surface area contributed by atoms with Crippen LogP contribution in [0.1, 0.15) is 12.5 Å². The average molecular weight is 388 g/mol. The van der Waals surface area contributed by atoms with Crippen LogP contribution in [0.2, 0.25) is 5.02 Å². The van der Waals surface area contributed by atoms with Gasteiger partial charge in [-0.05, 0) is 18.2 Å². The summed E-state index contributed by atoms with van der Waals surface area (Å²) in [5.41, 5.74) is 4.27. The molecule has 5 nitrogen and oxygen atoms in total. The van der Waals surface area contributed by atoms with Crippen LogP contribution < -0.4 is 11.1 Å². The van der Waals surface area contributed by atoms with Gasteiger partial charge in [0.1, 0.15) is 0 Å². The minimum atomic E-state index is -4.62. The van der Waals surface area contributed by atoms with Gasteiger partial charge < -0.3 is 16.0 Å². The van der Waals surface area contributed by atoms with Crippen molar-refractivity contribution in [2.45, 2.75) is 13.1 Å². The molecule has 0 spiro atoms. The molecule has 10 heteroatoms. The second kappa shape index (κ2) is 9.10. The van der Waals surface area contributed by atoms with Crippen LogP contribution in [0.4, 0.5) is 18.9 Å². The molecule has 0 saturated carbocycles. The quantitative estimate of drug-likeness (QED) is 0.815. The van der Waals surface area contributed by atoms with Crippen LogP contribution in [0.15, 0.2) is 18.2 Å². The largest absolute Gasteiger partial charge is 0.417 e. The standard InChI is InChI=1S/C14H17ClF3N3O2.ClH/c1-8(6-19)13(23)21(2)7-12(22)20-9-3-4-11(15)10(5-9)14(16,17)18;/h3-5,8H,6-7,19H2,1-2H3,(H,20,22);1H. The second-order valence-corrected chi connectivity index (χ2v) is 5.48. The highest BCUT2D eigenvalue weighted by Crippen LogP contribution is 2.36. The van der Waals surface area contributed by atoms with E-state index in [4.69, 9.17) is 17.3 Å². The van der Waals surface area contributed by atoms with Gasteiger partial charge in [0.15, 0.2) is 0 Å². The van der Waals surface area contributed by atoms with Crippen LogP contribution in [0.3, 0.4) is 0 Å². The zero-order chi connectivity index (χ0) is 17.8. The third kappa shape index (κ3) is 6.18. The molecule has 0 aliphatic carbocycles. The van der Waals surface area contributed by atoms with Crippen molar-refractivity contribution in [3.05, 3.63) is 28.8 Å². The lowest BCUT2D eigenvalue weighted by molar-refractivity contribution is -0.137. The van der Waals surface area contributed by atoms with Crippen molar-refractivity contribution < 1.29 is 22.8 Å². The minimum absolute atomic E-state index is 0. The number of halogens is 5. The Kier molecular flexibility index (Phi) is 8.53. The Balaban J connectivity index is 0.00000529. The number of carbonyl (C=O) groups is 2. The summed E-state index contributed by atoms with van der Waals surface area (Å²) >= 11 is 5.50. The maximum atomic E-state index is 12.7. The van der Waals surface area contributed by atoms with Crippen LogP contribution in [0.5, 0.6) is 0 Å². The molecule has 0 saturated heterocycles. The van der Waals surface area contributed by atoms with Gasteiger partial charge in [-0.1, -0.05) is 18.5 Å². The van der Waals surface area contributed by atoms with Crippen LogP contribution in [-0.4, -0.2) is 36.9 Å². The normalized spacial score (nSPS) is 12.1. The molecule has 24 heavy (non-hydrogen) atoms. The number of likely N-dealkylation sites (N-methyl/N-ethyl adjacent to an activating group) is 1. The van der Waals surface area contributed by atoms with Gasteiger partial charge in [-0.25, -0.2) is 0 Å². The number of carbonyl (C=O) groups excluding carboxylic acids is 2. The number of hydrogen-bond acceptors (Lipinski definition) is 3. The number of alkyl halides is 3. The van der Waals surface area contributed by atoms with Crippen LogP contribution in [-0.2, 0) is 15.8 Å². The van der Waals surface area contributed by atoms with Gasteiger partial charge in [0.2, 0.25) is 11.8 Å². The maximum Gasteiger partial charge on any atom is 0.417 e. The smallest absolute Gasteiger partial charge is 0.336 e. The molecule has 0 aliphatic heterocycles. The molecule has 0 aliphatic rings. The molecule has 0 bridgehead atoms. The van der Waals surface area contributed by atoms with E-state index in [9.17, 15) is 22.8 Å². The van der Waals surface area contributed by atoms with Gasteiger partial charge in [-0.3, -0.25) is 9.59 Å². The van der Waals surface area contributed by atoms with Crippen molar-refractivity contribution in [3.63, 3.8) is 0 Å². The van der Waals surface area contributed by atoms with Crippen LogP contribution >= 0.6 is 24.0 Å². The van der Waals surface area contributed by atoms with Gasteiger partial charge in [-0.2, -0.15) is 13.2 Å². The summed E-state index contributed by atoms with van der Waals surface area (Å²) in [6.07, 6.45) is -4.62. The van der Waals surface area contributed by atoms with Crippen molar-refractivity contribution >= 4 is 41.5 Å². The molecule has 1 unspecified atom stereocenters. The third-order valence-electron chi connectivity index (χ3n) is 3.09. The number of anilines is 1. The van der Waals surface area contributed by atoms with Crippen LogP contribution in [0.25, 0.3) is 0 Å². The van der Waals surface area contributed by atoms with Gasteiger partial charge in [0, 0.05) is 25.2 Å². The summed E-state index contributed by atoms with van der Waals surface area (Å²) in [4.78, 5) is 24.8.